The first-order valence-electron chi connectivity index (χ1n) is 5.30. The Labute approximate surface area is 105 Å². The third-order valence-corrected chi connectivity index (χ3v) is 3.59. The number of carbonyl (C=O) groups is 1. The number of nitrogens with one attached hydrogen (secondary N) is 1. The van der Waals surface area contributed by atoms with Gasteiger partial charge >= 0.3 is 0 Å². The summed E-state index contributed by atoms with van der Waals surface area (Å²) < 4.78 is 0. The molecule has 0 radical (unpaired) electrons. The second-order valence-corrected chi connectivity index (χ2v) is 5.00. The lowest BCUT2D eigenvalue weighted by Gasteiger charge is -2.37. The summed E-state index contributed by atoms with van der Waals surface area (Å²) in [4.78, 5) is 11.0. The fraction of sp³-hybridized carbons (Fsp3) is 0.417. The normalized spacial score (nSPS) is 23.7. The van der Waals surface area contributed by atoms with E-state index in [0.717, 1.165) is 18.4 Å². The highest BCUT2D eigenvalue weighted by Gasteiger charge is 2.33. The molecule has 1 fully saturated rings. The molecule has 0 aliphatic heterocycles. The molecule has 4 heteroatoms. The van der Waals surface area contributed by atoms with Crippen molar-refractivity contribution >= 4 is 29.1 Å². The van der Waals surface area contributed by atoms with E-state index in [2.05, 4.69) is 5.32 Å². The average Bonchev–Trinajstić information content (AvgIpc) is 2.17. The zero-order valence-corrected chi connectivity index (χ0v) is 10.5. The Kier molecular flexibility index (Phi) is 3.41. The second kappa shape index (κ2) is 4.64. The van der Waals surface area contributed by atoms with E-state index < -0.39 is 0 Å². The van der Waals surface area contributed by atoms with E-state index in [1.54, 1.807) is 13.0 Å². The molecule has 1 aromatic rings. The van der Waals surface area contributed by atoms with Crippen LogP contribution >= 0.6 is 23.2 Å². The van der Waals surface area contributed by atoms with E-state index >= 15 is 0 Å². The lowest BCUT2D eigenvalue weighted by Crippen LogP contribution is -2.44. The lowest BCUT2D eigenvalue weighted by atomic mass is 9.75. The van der Waals surface area contributed by atoms with Crippen LogP contribution in [0.25, 0.3) is 0 Å². The summed E-state index contributed by atoms with van der Waals surface area (Å²) in [6, 6.07) is 5.76. The van der Waals surface area contributed by atoms with Gasteiger partial charge in [0.05, 0.1) is 0 Å². The fourth-order valence-electron chi connectivity index (χ4n) is 2.11. The van der Waals surface area contributed by atoms with Gasteiger partial charge in [-0.3, -0.25) is 4.79 Å². The maximum Gasteiger partial charge on any atom is 0.217 e. The molecule has 1 amide bonds. The van der Waals surface area contributed by atoms with Crippen LogP contribution in [0, 0.1) is 0 Å². The Bertz CT molecular complexity index is 419. The number of benzene rings is 1. The highest BCUT2D eigenvalue weighted by Crippen LogP contribution is 2.40. The van der Waals surface area contributed by atoms with E-state index in [4.69, 9.17) is 23.2 Å². The summed E-state index contributed by atoms with van der Waals surface area (Å²) in [5.41, 5.74) is 1.08. The average molecular weight is 258 g/mol. The van der Waals surface area contributed by atoms with Crippen LogP contribution < -0.4 is 5.32 Å². The van der Waals surface area contributed by atoms with E-state index in [0.29, 0.717) is 16.0 Å². The van der Waals surface area contributed by atoms with Crippen molar-refractivity contribution in [3.8, 4) is 0 Å². The van der Waals surface area contributed by atoms with Crippen LogP contribution in [-0.4, -0.2) is 11.9 Å². The van der Waals surface area contributed by atoms with Crippen LogP contribution in [0.15, 0.2) is 18.2 Å². The van der Waals surface area contributed by atoms with Crippen LogP contribution in [0.5, 0.6) is 0 Å². The van der Waals surface area contributed by atoms with Crippen molar-refractivity contribution in [2.45, 2.75) is 31.7 Å². The number of rotatable bonds is 2. The van der Waals surface area contributed by atoms with Crippen molar-refractivity contribution in [3.05, 3.63) is 33.8 Å². The molecule has 0 heterocycles. The fourth-order valence-corrected chi connectivity index (χ4v) is 2.66. The molecule has 2 rings (SSSR count). The Morgan fingerprint density at radius 1 is 1.38 bits per heavy atom. The first-order valence-corrected chi connectivity index (χ1v) is 6.05. The van der Waals surface area contributed by atoms with Crippen molar-refractivity contribution in [2.24, 2.45) is 0 Å². The molecule has 1 aliphatic carbocycles. The molecule has 0 aromatic heterocycles. The zero-order valence-electron chi connectivity index (χ0n) is 8.97. The topological polar surface area (TPSA) is 29.1 Å². The monoisotopic (exact) mass is 257 g/mol. The largest absolute Gasteiger partial charge is 0.353 e. The summed E-state index contributed by atoms with van der Waals surface area (Å²) >= 11 is 12.0. The van der Waals surface area contributed by atoms with Crippen molar-refractivity contribution in [1.29, 1.82) is 0 Å². The molecule has 0 saturated heterocycles. The third-order valence-electron chi connectivity index (χ3n) is 3.03. The highest BCUT2D eigenvalue weighted by atomic mass is 35.5. The Balaban J connectivity index is 2.15. The molecule has 1 unspecified atom stereocenters. The first kappa shape index (κ1) is 11.7. The molecular weight excluding hydrogens is 245 g/mol. The molecule has 2 atom stereocenters. The standard InChI is InChI=1S/C12H13Cl2NO/c1-7(16)15-12-5-4-10(12)9-3-2-8(13)6-11(9)14/h2-3,6,10,12H,4-5H2,1H3,(H,15,16)/t10?,12-/m1/s1. The quantitative estimate of drug-likeness (QED) is 0.865. The molecule has 2 nitrogen and oxygen atoms in total. The molecule has 1 aromatic carbocycles. The Morgan fingerprint density at radius 2 is 2.12 bits per heavy atom. The number of hydrogen-bond acceptors (Lipinski definition) is 1. The number of carbonyl (C=O) groups excluding carboxylic acids is 1. The van der Waals surface area contributed by atoms with E-state index in [9.17, 15) is 4.79 Å². The van der Waals surface area contributed by atoms with Gasteiger partial charge in [0.1, 0.15) is 0 Å². The minimum absolute atomic E-state index is 0.0137. The Hall–Kier alpha value is -0.730. The SMILES string of the molecule is CC(=O)N[C@@H]1CCC1c1ccc(Cl)cc1Cl. The highest BCUT2D eigenvalue weighted by molar-refractivity contribution is 6.35. The first-order chi connectivity index (χ1) is 7.58. The molecule has 16 heavy (non-hydrogen) atoms. The van der Waals surface area contributed by atoms with Gasteiger partial charge < -0.3 is 5.32 Å². The van der Waals surface area contributed by atoms with Gasteiger partial charge in [0.2, 0.25) is 5.91 Å². The van der Waals surface area contributed by atoms with Gasteiger partial charge in [-0.1, -0.05) is 29.3 Å². The van der Waals surface area contributed by atoms with Gasteiger partial charge in [-0.05, 0) is 30.5 Å². The van der Waals surface area contributed by atoms with E-state index in [1.165, 1.54) is 0 Å². The molecular formula is C12H13Cl2NO. The predicted octanol–water partition coefficient (Wildman–Crippen LogP) is 3.38. The number of hydrogen-bond donors (Lipinski definition) is 1. The van der Waals surface area contributed by atoms with Crippen LogP contribution in [-0.2, 0) is 4.79 Å². The lowest BCUT2D eigenvalue weighted by molar-refractivity contribution is -0.120. The molecule has 1 N–H and O–H groups in total. The molecule has 86 valence electrons. The van der Waals surface area contributed by atoms with Gasteiger partial charge in [-0.15, -0.1) is 0 Å². The third kappa shape index (κ3) is 2.33. The predicted molar refractivity (Wildman–Crippen MR) is 66.0 cm³/mol. The molecule has 1 saturated carbocycles. The van der Waals surface area contributed by atoms with Crippen LogP contribution in [0.3, 0.4) is 0 Å². The van der Waals surface area contributed by atoms with Gasteiger partial charge in [-0.25, -0.2) is 0 Å². The van der Waals surface area contributed by atoms with Crippen molar-refractivity contribution < 1.29 is 4.79 Å². The number of amides is 1. The summed E-state index contributed by atoms with van der Waals surface area (Å²) in [7, 11) is 0. The van der Waals surface area contributed by atoms with Crippen LogP contribution in [0.2, 0.25) is 10.0 Å². The summed E-state index contributed by atoms with van der Waals surface area (Å²) in [5, 5.41) is 4.27. The summed E-state index contributed by atoms with van der Waals surface area (Å²) in [6.45, 7) is 1.54. The van der Waals surface area contributed by atoms with Crippen LogP contribution in [0.4, 0.5) is 0 Å². The van der Waals surface area contributed by atoms with Crippen molar-refractivity contribution in [3.63, 3.8) is 0 Å². The maximum atomic E-state index is 11.0. The smallest absolute Gasteiger partial charge is 0.217 e. The van der Waals surface area contributed by atoms with Crippen LogP contribution in [0.1, 0.15) is 31.2 Å². The zero-order chi connectivity index (χ0) is 11.7. The minimum Gasteiger partial charge on any atom is -0.353 e. The minimum atomic E-state index is 0.0137. The van der Waals surface area contributed by atoms with Gasteiger partial charge in [0.25, 0.3) is 0 Å². The summed E-state index contributed by atoms with van der Waals surface area (Å²) in [6.07, 6.45) is 2.08. The Morgan fingerprint density at radius 3 is 2.62 bits per heavy atom. The van der Waals surface area contributed by atoms with E-state index in [-0.39, 0.29) is 11.9 Å². The van der Waals surface area contributed by atoms with Gasteiger partial charge in [0, 0.05) is 28.9 Å². The molecule has 0 bridgehead atoms. The van der Waals surface area contributed by atoms with Gasteiger partial charge in [0.15, 0.2) is 0 Å². The van der Waals surface area contributed by atoms with Crippen molar-refractivity contribution in [2.75, 3.05) is 0 Å². The van der Waals surface area contributed by atoms with E-state index in [1.807, 2.05) is 12.1 Å². The molecule has 1 aliphatic rings. The maximum absolute atomic E-state index is 11.0. The second-order valence-electron chi connectivity index (χ2n) is 4.16. The number of halogens is 2. The molecule has 0 spiro atoms. The van der Waals surface area contributed by atoms with Gasteiger partial charge in [-0.2, -0.15) is 0 Å². The van der Waals surface area contributed by atoms with Crippen molar-refractivity contribution in [1.82, 2.24) is 5.32 Å². The summed E-state index contributed by atoms with van der Waals surface area (Å²) in [5.74, 6) is 0.341.